The molecule has 0 bridgehead atoms. The number of aromatic nitrogens is 1. The molecule has 1 atom stereocenters. The lowest BCUT2D eigenvalue weighted by atomic mass is 9.96. The predicted molar refractivity (Wildman–Crippen MR) is 124 cm³/mol. The summed E-state index contributed by atoms with van der Waals surface area (Å²) in [5.41, 5.74) is 3.30. The van der Waals surface area contributed by atoms with Crippen molar-refractivity contribution < 1.29 is 13.2 Å². The maximum atomic E-state index is 13.3. The molecule has 0 saturated carbocycles. The second-order valence-electron chi connectivity index (χ2n) is 8.39. The van der Waals surface area contributed by atoms with Crippen molar-refractivity contribution in [2.75, 3.05) is 30.2 Å². The van der Waals surface area contributed by atoms with Crippen molar-refractivity contribution in [1.29, 1.82) is 0 Å². The molecule has 0 radical (unpaired) electrons. The molecule has 8 heteroatoms. The van der Waals surface area contributed by atoms with Gasteiger partial charge in [-0.3, -0.25) is 9.10 Å². The fourth-order valence-electron chi connectivity index (χ4n) is 4.65. The Hall–Kier alpha value is -2.45. The number of rotatable bonds is 3. The summed E-state index contributed by atoms with van der Waals surface area (Å²) in [4.78, 5) is 20.0. The number of carbonyl (C=O) groups is 1. The Balaban J connectivity index is 1.37. The summed E-state index contributed by atoms with van der Waals surface area (Å²) in [6.07, 6.45) is 4.78. The molecule has 6 nitrogen and oxygen atoms in total. The van der Waals surface area contributed by atoms with E-state index in [0.717, 1.165) is 48.3 Å². The van der Waals surface area contributed by atoms with Crippen LogP contribution >= 0.6 is 11.3 Å². The zero-order valence-electron chi connectivity index (χ0n) is 17.5. The summed E-state index contributed by atoms with van der Waals surface area (Å²) in [5.74, 6) is 0.276. The molecule has 2 aliphatic rings. The van der Waals surface area contributed by atoms with Crippen LogP contribution in [0.1, 0.15) is 46.1 Å². The molecule has 1 fully saturated rings. The zero-order chi connectivity index (χ0) is 21.6. The van der Waals surface area contributed by atoms with Crippen LogP contribution in [0, 0.1) is 0 Å². The second kappa shape index (κ2) is 7.91. The number of carbonyl (C=O) groups excluding carboxylic acids is 1. The molecule has 0 unspecified atom stereocenters. The number of hydrogen-bond acceptors (Lipinski definition) is 5. The lowest BCUT2D eigenvalue weighted by molar-refractivity contribution is 0.0707. The first kappa shape index (κ1) is 20.5. The number of hydrogen-bond donors (Lipinski definition) is 0. The number of nitrogens with zero attached hydrogens (tertiary/aromatic N) is 3. The third kappa shape index (κ3) is 3.94. The van der Waals surface area contributed by atoms with Crippen LogP contribution in [0.5, 0.6) is 0 Å². The molecule has 2 aromatic carbocycles. The molecule has 0 spiro atoms. The highest BCUT2D eigenvalue weighted by atomic mass is 32.2. The lowest BCUT2D eigenvalue weighted by Crippen LogP contribution is -2.39. The van der Waals surface area contributed by atoms with E-state index in [1.165, 1.54) is 15.3 Å². The topological polar surface area (TPSA) is 70.6 Å². The van der Waals surface area contributed by atoms with Gasteiger partial charge in [-0.05, 0) is 61.6 Å². The van der Waals surface area contributed by atoms with Gasteiger partial charge in [-0.2, -0.15) is 0 Å². The van der Waals surface area contributed by atoms with E-state index in [4.69, 9.17) is 4.98 Å². The van der Waals surface area contributed by atoms with Gasteiger partial charge < -0.3 is 4.90 Å². The van der Waals surface area contributed by atoms with E-state index >= 15 is 0 Å². The first-order chi connectivity index (χ1) is 14.9. The fourth-order valence-corrected chi connectivity index (χ4v) is 6.74. The van der Waals surface area contributed by atoms with Gasteiger partial charge in [0.2, 0.25) is 10.0 Å². The van der Waals surface area contributed by atoms with Crippen LogP contribution in [0.4, 0.5) is 5.69 Å². The van der Waals surface area contributed by atoms with E-state index in [2.05, 4.69) is 6.07 Å². The maximum absolute atomic E-state index is 13.3. The van der Waals surface area contributed by atoms with Crippen LogP contribution in [-0.4, -0.2) is 50.1 Å². The normalized spacial score (nSPS) is 19.5. The second-order valence-corrected chi connectivity index (χ2v) is 11.4. The molecular weight excluding hydrogens is 430 g/mol. The molecular formula is C23H25N3O3S2. The van der Waals surface area contributed by atoms with Crippen molar-refractivity contribution in [2.24, 2.45) is 0 Å². The van der Waals surface area contributed by atoms with Crippen molar-refractivity contribution in [3.05, 3.63) is 58.6 Å². The average Bonchev–Trinajstić information content (AvgIpc) is 3.22. The van der Waals surface area contributed by atoms with Gasteiger partial charge >= 0.3 is 0 Å². The summed E-state index contributed by atoms with van der Waals surface area (Å²) in [5, 5.41) is 1.10. The highest BCUT2D eigenvalue weighted by Gasteiger charge is 2.29. The minimum atomic E-state index is -3.31. The number of thiazole rings is 1. The standard InChI is InChI=1S/C23H25N3O3S2/c1-31(28,29)26-13-5-6-16-14-17(10-11-20(16)26)23(27)25-12-4-7-18(15-25)22-24-19-8-2-3-9-21(19)30-22/h2-3,8-11,14,18H,4-7,12-13,15H2,1H3/t18-/m0/s1. The van der Waals surface area contributed by atoms with E-state index in [1.54, 1.807) is 23.5 Å². The molecule has 162 valence electrons. The quantitative estimate of drug-likeness (QED) is 0.598. The van der Waals surface area contributed by atoms with Crippen molar-refractivity contribution in [1.82, 2.24) is 9.88 Å². The monoisotopic (exact) mass is 455 g/mol. The van der Waals surface area contributed by atoms with Gasteiger partial charge in [-0.15, -0.1) is 11.3 Å². The van der Waals surface area contributed by atoms with Gasteiger partial charge in [0.1, 0.15) is 0 Å². The van der Waals surface area contributed by atoms with E-state index in [0.29, 0.717) is 24.3 Å². The number of benzene rings is 2. The highest BCUT2D eigenvalue weighted by Crippen LogP contribution is 2.34. The molecule has 0 N–H and O–H groups in total. The van der Waals surface area contributed by atoms with Crippen molar-refractivity contribution in [3.8, 4) is 0 Å². The van der Waals surface area contributed by atoms with E-state index in [9.17, 15) is 13.2 Å². The summed E-state index contributed by atoms with van der Waals surface area (Å²) < 4.78 is 26.8. The number of sulfonamides is 1. The Bertz CT molecular complexity index is 1220. The average molecular weight is 456 g/mol. The summed E-state index contributed by atoms with van der Waals surface area (Å²) in [6.45, 7) is 1.91. The third-order valence-corrected chi connectivity index (χ3v) is 8.55. The molecule has 2 aliphatic heterocycles. The van der Waals surface area contributed by atoms with E-state index in [-0.39, 0.29) is 11.8 Å². The molecule has 0 aliphatic carbocycles. The van der Waals surface area contributed by atoms with E-state index in [1.807, 2.05) is 29.2 Å². The molecule has 5 rings (SSSR count). The SMILES string of the molecule is CS(=O)(=O)N1CCCc2cc(C(=O)N3CCC[C@H](c4nc5ccccc5s4)C3)ccc21. The first-order valence-electron chi connectivity index (χ1n) is 10.7. The van der Waals surface area contributed by atoms with Gasteiger partial charge in [0.05, 0.1) is 27.2 Å². The lowest BCUT2D eigenvalue weighted by Gasteiger charge is -2.33. The third-order valence-electron chi connectivity index (χ3n) is 6.17. The Morgan fingerprint density at radius 2 is 1.97 bits per heavy atom. The fraction of sp³-hybridized carbons (Fsp3) is 0.391. The number of amides is 1. The van der Waals surface area contributed by atoms with Crippen LogP contribution in [0.3, 0.4) is 0 Å². The Kier molecular flexibility index (Phi) is 5.22. The number of para-hydroxylation sites is 1. The molecule has 1 saturated heterocycles. The molecule has 1 aromatic heterocycles. The highest BCUT2D eigenvalue weighted by molar-refractivity contribution is 7.92. The van der Waals surface area contributed by atoms with Gasteiger partial charge in [-0.25, -0.2) is 13.4 Å². The summed E-state index contributed by atoms with van der Waals surface area (Å²) >= 11 is 1.72. The van der Waals surface area contributed by atoms with Crippen LogP contribution in [0.2, 0.25) is 0 Å². The van der Waals surface area contributed by atoms with Gasteiger partial charge in [0, 0.05) is 31.1 Å². The largest absolute Gasteiger partial charge is 0.338 e. The van der Waals surface area contributed by atoms with Crippen molar-refractivity contribution in [3.63, 3.8) is 0 Å². The zero-order valence-corrected chi connectivity index (χ0v) is 19.1. The van der Waals surface area contributed by atoms with Crippen LogP contribution < -0.4 is 4.31 Å². The van der Waals surface area contributed by atoms with E-state index < -0.39 is 10.0 Å². The minimum absolute atomic E-state index is 0.0186. The Morgan fingerprint density at radius 3 is 2.77 bits per heavy atom. The van der Waals surface area contributed by atoms with Crippen LogP contribution in [0.25, 0.3) is 10.2 Å². The minimum Gasteiger partial charge on any atom is -0.338 e. The molecule has 3 heterocycles. The van der Waals surface area contributed by atoms with Gasteiger partial charge in [-0.1, -0.05) is 12.1 Å². The number of anilines is 1. The summed E-state index contributed by atoms with van der Waals surface area (Å²) in [7, 11) is -3.31. The van der Waals surface area contributed by atoms with Gasteiger partial charge in [0.15, 0.2) is 0 Å². The molecule has 31 heavy (non-hydrogen) atoms. The van der Waals surface area contributed by atoms with Crippen LogP contribution in [-0.2, 0) is 16.4 Å². The first-order valence-corrected chi connectivity index (χ1v) is 13.3. The van der Waals surface area contributed by atoms with Crippen LogP contribution in [0.15, 0.2) is 42.5 Å². The number of aryl methyl sites for hydroxylation is 1. The smallest absolute Gasteiger partial charge is 0.253 e. The van der Waals surface area contributed by atoms with Crippen molar-refractivity contribution >= 4 is 43.2 Å². The number of piperidine rings is 1. The Morgan fingerprint density at radius 1 is 1.13 bits per heavy atom. The van der Waals surface area contributed by atoms with Crippen molar-refractivity contribution in [2.45, 2.75) is 31.6 Å². The maximum Gasteiger partial charge on any atom is 0.253 e. The Labute approximate surface area is 186 Å². The molecule has 3 aromatic rings. The molecule has 1 amide bonds. The summed E-state index contributed by atoms with van der Waals surface area (Å²) in [6, 6.07) is 13.6. The number of fused-ring (bicyclic) bond motifs is 2. The predicted octanol–water partition coefficient (Wildman–Crippen LogP) is 4.03. The van der Waals surface area contributed by atoms with Gasteiger partial charge in [0.25, 0.3) is 5.91 Å². The number of likely N-dealkylation sites (tertiary alicyclic amines) is 1.